The third-order valence-electron chi connectivity index (χ3n) is 4.96. The monoisotopic (exact) mass is 537 g/mol. The number of furan rings is 1. The number of amides is 1. The fourth-order valence-corrected chi connectivity index (χ4v) is 4.58. The van der Waals surface area contributed by atoms with E-state index in [-0.39, 0.29) is 28.0 Å². The largest absolute Gasteiger partial charge is 0.481 e. The van der Waals surface area contributed by atoms with Gasteiger partial charge in [0.1, 0.15) is 15.8 Å². The first-order chi connectivity index (χ1) is 16.3. The van der Waals surface area contributed by atoms with Crippen LogP contribution in [0.2, 0.25) is 0 Å². The lowest BCUT2D eigenvalue weighted by atomic mass is 10.0. The molecule has 0 aliphatic carbocycles. The Morgan fingerprint density at radius 2 is 1.77 bits per heavy atom. The smallest absolute Gasteiger partial charge is 0.417 e. The fourth-order valence-electron chi connectivity index (χ4n) is 3.29. The molecule has 0 radical (unpaired) electrons. The van der Waals surface area contributed by atoms with E-state index in [1.807, 2.05) is 0 Å². The lowest BCUT2D eigenvalue weighted by Gasteiger charge is -2.14. The first-order valence-electron chi connectivity index (χ1n) is 10.1. The molecule has 5 nitrogen and oxygen atoms in total. The Morgan fingerprint density at radius 3 is 2.40 bits per heavy atom. The van der Waals surface area contributed by atoms with Gasteiger partial charge in [0, 0.05) is 24.6 Å². The molecule has 35 heavy (non-hydrogen) atoms. The number of thioether (sulfide) groups is 1. The number of hydrogen-bond acceptors (Lipinski definition) is 5. The molecule has 0 unspecified atom stereocenters. The molecule has 3 rings (SSSR count). The molecule has 0 spiro atoms. The number of carboxylic acids is 1. The van der Waals surface area contributed by atoms with Gasteiger partial charge < -0.3 is 9.52 Å². The number of alkyl halides is 6. The highest BCUT2D eigenvalue weighted by molar-refractivity contribution is 8.26. The first kappa shape index (κ1) is 26.8. The van der Waals surface area contributed by atoms with E-state index in [2.05, 4.69) is 0 Å². The van der Waals surface area contributed by atoms with E-state index in [1.54, 1.807) is 0 Å². The van der Waals surface area contributed by atoms with Gasteiger partial charge in [0.05, 0.1) is 16.0 Å². The van der Waals surface area contributed by atoms with Crippen LogP contribution in [-0.4, -0.2) is 32.7 Å². The van der Waals surface area contributed by atoms with E-state index in [9.17, 15) is 35.9 Å². The number of benzene rings is 1. The first-order valence-corrected chi connectivity index (χ1v) is 11.4. The number of thiocarbonyl (C=S) groups is 1. The number of carboxylic acid groups (broad SMARTS) is 1. The van der Waals surface area contributed by atoms with Crippen molar-refractivity contribution in [2.45, 2.75) is 38.0 Å². The van der Waals surface area contributed by atoms with Crippen molar-refractivity contribution in [1.82, 2.24) is 4.90 Å². The zero-order chi connectivity index (χ0) is 26.0. The summed E-state index contributed by atoms with van der Waals surface area (Å²) >= 11 is 6.14. The van der Waals surface area contributed by atoms with Gasteiger partial charge in [0.2, 0.25) is 0 Å². The van der Waals surface area contributed by atoms with E-state index in [0.29, 0.717) is 37.5 Å². The minimum absolute atomic E-state index is 0.0149. The summed E-state index contributed by atoms with van der Waals surface area (Å²) in [5.74, 6) is -1.84. The van der Waals surface area contributed by atoms with Crippen LogP contribution < -0.4 is 0 Å². The molecule has 1 aromatic heterocycles. The zero-order valence-corrected chi connectivity index (χ0v) is 19.3. The van der Waals surface area contributed by atoms with Gasteiger partial charge in [-0.3, -0.25) is 14.5 Å². The van der Waals surface area contributed by atoms with Crippen molar-refractivity contribution in [3.63, 3.8) is 0 Å². The summed E-state index contributed by atoms with van der Waals surface area (Å²) in [6.45, 7) is 0.268. The van der Waals surface area contributed by atoms with Crippen LogP contribution in [0.5, 0.6) is 0 Å². The molecule has 0 atom stereocenters. The van der Waals surface area contributed by atoms with Crippen LogP contribution in [0.1, 0.15) is 42.6 Å². The van der Waals surface area contributed by atoms with Crippen LogP contribution >= 0.6 is 24.0 Å². The molecular formula is C22H17F6NO4S2. The number of carbonyl (C=O) groups excluding carboxylic acids is 1. The number of rotatable bonds is 8. The second-order valence-corrected chi connectivity index (χ2v) is 9.17. The Labute approximate surface area is 204 Å². The standard InChI is InChI=1S/C22H17F6NO4S2/c23-21(24,25)12-5-7-15(22(26,27)28)14(10-12)16-8-6-13(33-16)11-17-19(32)29(20(34)35-17)9-3-1-2-4-18(30)31/h5-8,10-11H,1-4,9H2,(H,30,31). The Bertz CT molecular complexity index is 1170. The summed E-state index contributed by atoms with van der Waals surface area (Å²) < 4.78 is 85.0. The summed E-state index contributed by atoms with van der Waals surface area (Å²) in [5, 5.41) is 8.65. The second kappa shape index (κ2) is 10.4. The van der Waals surface area contributed by atoms with Gasteiger partial charge in [0.15, 0.2) is 0 Å². The SMILES string of the molecule is O=C(O)CCCCCN1C(=O)C(=Cc2ccc(-c3cc(C(F)(F)F)ccc3C(F)(F)F)o2)SC1=S. The molecule has 188 valence electrons. The molecule has 13 heteroatoms. The second-order valence-electron chi connectivity index (χ2n) is 7.50. The molecule has 0 bridgehead atoms. The van der Waals surface area contributed by atoms with Crippen molar-refractivity contribution in [2.24, 2.45) is 0 Å². The molecular weight excluding hydrogens is 520 g/mol. The molecule has 1 saturated heterocycles. The average Bonchev–Trinajstić information content (AvgIpc) is 3.31. The highest BCUT2D eigenvalue weighted by Gasteiger charge is 2.38. The summed E-state index contributed by atoms with van der Waals surface area (Å²) in [4.78, 5) is 24.7. The highest BCUT2D eigenvalue weighted by Crippen LogP contribution is 2.41. The predicted octanol–water partition coefficient (Wildman–Crippen LogP) is 6.83. The van der Waals surface area contributed by atoms with Gasteiger partial charge in [-0.1, -0.05) is 30.4 Å². The maximum Gasteiger partial charge on any atom is 0.417 e. The number of unbranched alkanes of at least 4 members (excludes halogenated alkanes) is 2. The number of carbonyl (C=O) groups is 2. The average molecular weight is 538 g/mol. The third kappa shape index (κ3) is 6.66. The van der Waals surface area contributed by atoms with Gasteiger partial charge in [-0.25, -0.2) is 0 Å². The topological polar surface area (TPSA) is 70.8 Å². The lowest BCUT2D eigenvalue weighted by molar-refractivity contribution is -0.141. The number of hydrogen-bond donors (Lipinski definition) is 1. The Morgan fingerprint density at radius 1 is 1.06 bits per heavy atom. The van der Waals surface area contributed by atoms with Crippen molar-refractivity contribution >= 4 is 46.3 Å². The maximum absolute atomic E-state index is 13.4. The summed E-state index contributed by atoms with van der Waals surface area (Å²) in [6, 6.07) is 3.41. The molecule has 1 fully saturated rings. The van der Waals surface area contributed by atoms with Gasteiger partial charge >= 0.3 is 18.3 Å². The van der Waals surface area contributed by atoms with Crippen LogP contribution in [-0.2, 0) is 21.9 Å². The fraction of sp³-hybridized carbons (Fsp3) is 0.318. The van der Waals surface area contributed by atoms with Gasteiger partial charge in [0.25, 0.3) is 5.91 Å². The maximum atomic E-state index is 13.4. The van der Waals surface area contributed by atoms with E-state index in [1.165, 1.54) is 17.0 Å². The zero-order valence-electron chi connectivity index (χ0n) is 17.7. The van der Waals surface area contributed by atoms with Gasteiger partial charge in [-0.2, -0.15) is 26.3 Å². The van der Waals surface area contributed by atoms with Crippen LogP contribution in [0, 0.1) is 0 Å². The van der Waals surface area contributed by atoms with Gasteiger partial charge in [-0.05, 0) is 43.2 Å². The number of nitrogens with zero attached hydrogens (tertiary/aromatic N) is 1. The Hall–Kier alpha value is -2.80. The van der Waals surface area contributed by atoms with Crippen molar-refractivity contribution in [3.05, 3.63) is 52.1 Å². The van der Waals surface area contributed by atoms with Crippen molar-refractivity contribution in [3.8, 4) is 11.3 Å². The van der Waals surface area contributed by atoms with E-state index >= 15 is 0 Å². The summed E-state index contributed by atoms with van der Waals surface area (Å²) in [5.41, 5.74) is -3.33. The van der Waals surface area contributed by atoms with E-state index in [4.69, 9.17) is 21.7 Å². The molecule has 1 aromatic carbocycles. The van der Waals surface area contributed by atoms with E-state index in [0.717, 1.165) is 17.8 Å². The Balaban J connectivity index is 1.80. The lowest BCUT2D eigenvalue weighted by Crippen LogP contribution is -2.29. The molecule has 1 amide bonds. The normalized spacial score (nSPS) is 15.9. The minimum atomic E-state index is -4.92. The predicted molar refractivity (Wildman–Crippen MR) is 120 cm³/mol. The molecule has 1 aliphatic heterocycles. The van der Waals surface area contributed by atoms with Crippen molar-refractivity contribution in [2.75, 3.05) is 6.54 Å². The van der Waals surface area contributed by atoms with Crippen LogP contribution in [0.3, 0.4) is 0 Å². The van der Waals surface area contributed by atoms with Crippen molar-refractivity contribution < 1.29 is 45.5 Å². The summed E-state index contributed by atoms with van der Waals surface area (Å²) in [6.07, 6.45) is -6.95. The molecule has 0 saturated carbocycles. The quantitative estimate of drug-likeness (QED) is 0.172. The Kier molecular flexibility index (Phi) is 8.00. The van der Waals surface area contributed by atoms with Crippen LogP contribution in [0.4, 0.5) is 26.3 Å². The minimum Gasteiger partial charge on any atom is -0.481 e. The molecule has 2 heterocycles. The number of aliphatic carboxylic acids is 1. The van der Waals surface area contributed by atoms with Gasteiger partial charge in [-0.15, -0.1) is 0 Å². The summed E-state index contributed by atoms with van der Waals surface area (Å²) in [7, 11) is 0. The molecule has 1 N–H and O–H groups in total. The van der Waals surface area contributed by atoms with E-state index < -0.39 is 46.7 Å². The van der Waals surface area contributed by atoms with Crippen LogP contribution in [0.25, 0.3) is 17.4 Å². The third-order valence-corrected chi connectivity index (χ3v) is 6.34. The number of halogens is 6. The highest BCUT2D eigenvalue weighted by atomic mass is 32.2. The van der Waals surface area contributed by atoms with Crippen LogP contribution in [0.15, 0.2) is 39.7 Å². The molecule has 1 aliphatic rings. The molecule has 2 aromatic rings. The van der Waals surface area contributed by atoms with Crippen molar-refractivity contribution in [1.29, 1.82) is 0 Å².